The van der Waals surface area contributed by atoms with Gasteiger partial charge in [0, 0.05) is 30.6 Å². The molecular weight excluding hydrogens is 284 g/mol. The van der Waals surface area contributed by atoms with E-state index in [0.717, 1.165) is 18.5 Å². The summed E-state index contributed by atoms with van der Waals surface area (Å²) in [5.74, 6) is 0.0316. The first-order valence-electron chi connectivity index (χ1n) is 6.89. The van der Waals surface area contributed by atoms with Crippen LogP contribution in [0.2, 0.25) is 0 Å². The molecule has 1 aliphatic rings. The van der Waals surface area contributed by atoms with Crippen LogP contribution in [0.3, 0.4) is 0 Å². The number of carbonyl (C=O) groups excluding carboxylic acids is 1. The zero-order valence-corrected chi connectivity index (χ0v) is 12.3. The summed E-state index contributed by atoms with van der Waals surface area (Å²) < 4.78 is 5.75. The third kappa shape index (κ3) is 3.70. The second-order valence-electron chi connectivity index (χ2n) is 4.85. The average molecular weight is 300 g/mol. The molecule has 1 fully saturated rings. The van der Waals surface area contributed by atoms with Crippen molar-refractivity contribution >= 4 is 23.3 Å². The smallest absolute Gasteiger partial charge is 0.273 e. The van der Waals surface area contributed by atoms with E-state index in [1.54, 1.807) is 12.3 Å². The van der Waals surface area contributed by atoms with Gasteiger partial charge in [-0.05, 0) is 11.6 Å². The Bertz CT molecular complexity index is 610. The molecule has 1 atom stereocenters. The second kappa shape index (κ2) is 6.54. The summed E-state index contributed by atoms with van der Waals surface area (Å²) in [5.41, 5.74) is 1.03. The first-order valence-corrected chi connectivity index (χ1v) is 7.77. The van der Waals surface area contributed by atoms with Crippen LogP contribution in [-0.2, 0) is 4.79 Å². The van der Waals surface area contributed by atoms with Crippen LogP contribution in [0.25, 0.3) is 6.08 Å². The second-order valence-corrected chi connectivity index (χ2v) is 5.71. The van der Waals surface area contributed by atoms with Gasteiger partial charge in [0.2, 0.25) is 5.91 Å². The molecule has 0 radical (unpaired) electrons. The molecule has 3 rings (SSSR count). The largest absolute Gasteiger partial charge is 0.465 e. The highest BCUT2D eigenvalue weighted by molar-refractivity contribution is 7.11. The van der Waals surface area contributed by atoms with Gasteiger partial charge < -0.3 is 9.64 Å². The molecule has 1 unspecified atom stereocenters. The number of benzene rings is 1. The molecule has 4 nitrogen and oxygen atoms in total. The summed E-state index contributed by atoms with van der Waals surface area (Å²) in [7, 11) is 0. The van der Waals surface area contributed by atoms with Crippen LogP contribution < -0.4 is 4.74 Å². The van der Waals surface area contributed by atoms with Crippen molar-refractivity contribution in [2.24, 2.45) is 0 Å². The van der Waals surface area contributed by atoms with Crippen LogP contribution in [-0.4, -0.2) is 35.0 Å². The number of rotatable bonds is 4. The van der Waals surface area contributed by atoms with Gasteiger partial charge in [0.05, 0.1) is 6.54 Å². The lowest BCUT2D eigenvalue weighted by Crippen LogP contribution is -2.29. The van der Waals surface area contributed by atoms with Crippen LogP contribution >= 0.6 is 11.3 Å². The summed E-state index contributed by atoms with van der Waals surface area (Å²) in [4.78, 5) is 18.1. The van der Waals surface area contributed by atoms with Crippen molar-refractivity contribution in [3.05, 3.63) is 53.5 Å². The van der Waals surface area contributed by atoms with E-state index in [1.807, 2.05) is 46.7 Å². The molecular formula is C16H16N2O2S. The fraction of sp³-hybridized carbons (Fsp3) is 0.250. The van der Waals surface area contributed by atoms with Crippen LogP contribution in [0.15, 0.2) is 48.0 Å². The maximum absolute atomic E-state index is 12.1. The molecule has 5 heteroatoms. The van der Waals surface area contributed by atoms with E-state index in [0.29, 0.717) is 11.7 Å². The highest BCUT2D eigenvalue weighted by atomic mass is 32.1. The number of ether oxygens (including phenoxy) is 1. The van der Waals surface area contributed by atoms with Gasteiger partial charge in [-0.25, -0.2) is 4.98 Å². The van der Waals surface area contributed by atoms with Crippen molar-refractivity contribution in [1.82, 2.24) is 9.88 Å². The minimum atomic E-state index is 0.0316. The van der Waals surface area contributed by atoms with Crippen molar-refractivity contribution in [1.29, 1.82) is 0 Å². The van der Waals surface area contributed by atoms with Crippen molar-refractivity contribution in [3.63, 3.8) is 0 Å². The highest BCUT2D eigenvalue weighted by Gasteiger charge is 2.26. The average Bonchev–Trinajstić information content (AvgIpc) is 3.18. The Morgan fingerprint density at radius 3 is 3.00 bits per heavy atom. The molecule has 1 amide bonds. The summed E-state index contributed by atoms with van der Waals surface area (Å²) in [6, 6.07) is 9.82. The molecule has 0 bridgehead atoms. The molecule has 1 aromatic carbocycles. The minimum Gasteiger partial charge on any atom is -0.465 e. The van der Waals surface area contributed by atoms with Gasteiger partial charge in [0.1, 0.15) is 6.10 Å². The molecule has 1 aliphatic heterocycles. The first kappa shape index (κ1) is 13.8. The topological polar surface area (TPSA) is 42.4 Å². The summed E-state index contributed by atoms with van der Waals surface area (Å²) in [6.45, 7) is 1.35. The predicted octanol–water partition coefficient (Wildman–Crippen LogP) is 2.84. The standard InChI is InChI=1S/C16H16N2O2S/c19-15(7-6-13-4-2-1-3-5-13)18-10-8-14(12-18)20-16-17-9-11-21-16/h1-7,9,11,14H,8,10,12H2. The number of likely N-dealkylation sites (tertiary alicyclic amines) is 1. The van der Waals surface area contributed by atoms with Crippen molar-refractivity contribution in [2.45, 2.75) is 12.5 Å². The summed E-state index contributed by atoms with van der Waals surface area (Å²) >= 11 is 1.48. The van der Waals surface area contributed by atoms with E-state index in [4.69, 9.17) is 4.74 Å². The lowest BCUT2D eigenvalue weighted by atomic mass is 10.2. The van der Waals surface area contributed by atoms with Crippen molar-refractivity contribution in [3.8, 4) is 5.19 Å². The number of hydrogen-bond donors (Lipinski definition) is 0. The van der Waals surface area contributed by atoms with Gasteiger partial charge in [-0.15, -0.1) is 0 Å². The number of hydrogen-bond acceptors (Lipinski definition) is 4. The Labute approximate surface area is 127 Å². The number of amides is 1. The lowest BCUT2D eigenvalue weighted by molar-refractivity contribution is -0.125. The van der Waals surface area contributed by atoms with E-state index in [9.17, 15) is 4.79 Å². The molecule has 0 saturated carbocycles. The molecule has 0 aliphatic carbocycles. The van der Waals surface area contributed by atoms with Gasteiger partial charge in [0.15, 0.2) is 0 Å². The lowest BCUT2D eigenvalue weighted by Gasteiger charge is -2.14. The van der Waals surface area contributed by atoms with Gasteiger partial charge in [-0.3, -0.25) is 4.79 Å². The highest BCUT2D eigenvalue weighted by Crippen LogP contribution is 2.20. The van der Waals surface area contributed by atoms with Crippen LogP contribution in [0, 0.1) is 0 Å². The fourth-order valence-corrected chi connectivity index (χ4v) is 2.82. The molecule has 108 valence electrons. The minimum absolute atomic E-state index is 0.0316. The van der Waals surface area contributed by atoms with E-state index in [2.05, 4.69) is 4.98 Å². The summed E-state index contributed by atoms with van der Waals surface area (Å²) in [6.07, 6.45) is 6.09. The third-order valence-corrected chi connectivity index (χ3v) is 4.01. The van der Waals surface area contributed by atoms with Crippen molar-refractivity contribution < 1.29 is 9.53 Å². The zero-order valence-electron chi connectivity index (χ0n) is 11.5. The number of nitrogens with zero attached hydrogens (tertiary/aromatic N) is 2. The molecule has 2 heterocycles. The molecule has 0 spiro atoms. The Kier molecular flexibility index (Phi) is 4.31. The Morgan fingerprint density at radius 1 is 1.38 bits per heavy atom. The number of aromatic nitrogens is 1. The maximum atomic E-state index is 12.1. The molecule has 2 aromatic rings. The van der Waals surface area contributed by atoms with E-state index < -0.39 is 0 Å². The first-order chi connectivity index (χ1) is 10.3. The maximum Gasteiger partial charge on any atom is 0.273 e. The zero-order chi connectivity index (χ0) is 14.5. The van der Waals surface area contributed by atoms with Crippen molar-refractivity contribution in [2.75, 3.05) is 13.1 Å². The predicted molar refractivity (Wildman–Crippen MR) is 83.2 cm³/mol. The number of carbonyl (C=O) groups is 1. The van der Waals surface area contributed by atoms with Gasteiger partial charge >= 0.3 is 0 Å². The fourth-order valence-electron chi connectivity index (χ4n) is 2.27. The SMILES string of the molecule is O=C(C=Cc1ccccc1)N1CCC(Oc2nccs2)C1. The van der Waals surface area contributed by atoms with Gasteiger partial charge in [0.25, 0.3) is 5.19 Å². The van der Waals surface area contributed by atoms with E-state index in [1.165, 1.54) is 11.3 Å². The van der Waals surface area contributed by atoms with Crippen LogP contribution in [0.4, 0.5) is 0 Å². The van der Waals surface area contributed by atoms with Gasteiger partial charge in [-0.2, -0.15) is 0 Å². The molecule has 1 saturated heterocycles. The van der Waals surface area contributed by atoms with Crippen LogP contribution in [0.5, 0.6) is 5.19 Å². The Hall–Kier alpha value is -2.14. The quantitative estimate of drug-likeness (QED) is 0.815. The third-order valence-electron chi connectivity index (χ3n) is 3.35. The van der Waals surface area contributed by atoms with E-state index >= 15 is 0 Å². The molecule has 0 N–H and O–H groups in total. The Balaban J connectivity index is 1.53. The monoisotopic (exact) mass is 300 g/mol. The number of thiazole rings is 1. The Morgan fingerprint density at radius 2 is 2.24 bits per heavy atom. The summed E-state index contributed by atoms with van der Waals surface area (Å²) in [5, 5.41) is 2.56. The molecule has 1 aromatic heterocycles. The van der Waals surface area contributed by atoms with E-state index in [-0.39, 0.29) is 12.0 Å². The van der Waals surface area contributed by atoms with Crippen LogP contribution in [0.1, 0.15) is 12.0 Å². The molecule has 21 heavy (non-hydrogen) atoms. The normalized spacial score (nSPS) is 18.3. The van der Waals surface area contributed by atoms with Gasteiger partial charge in [-0.1, -0.05) is 41.7 Å².